The minimum absolute atomic E-state index is 0. The number of rotatable bonds is 8. The van der Waals surface area contributed by atoms with E-state index in [1.165, 1.54) is 36.8 Å². The van der Waals surface area contributed by atoms with Crippen LogP contribution in [0.5, 0.6) is 5.75 Å². The third kappa shape index (κ3) is 7.20. The van der Waals surface area contributed by atoms with Crippen LogP contribution in [0.25, 0.3) is 0 Å². The Balaban J connectivity index is 0.00000342. The van der Waals surface area contributed by atoms with Crippen LogP contribution >= 0.6 is 0 Å². The zero-order valence-electron chi connectivity index (χ0n) is 20.9. The minimum atomic E-state index is -0.300. The van der Waals surface area contributed by atoms with Crippen molar-refractivity contribution < 1.29 is 36.2 Å². The SMILES string of the molecule is Cc1ccc(C[n+]2ccn(CCOC(=O)Cc3cccc(C4CCCCCC4)c3O)c2C)cc1.[Br-]. The molecule has 0 amide bonds. The fraction of sp³-hybridized carbons (Fsp3) is 0.448. The number of aromatic nitrogens is 2. The number of para-hydroxylation sites is 1. The second-order valence-electron chi connectivity index (χ2n) is 9.59. The van der Waals surface area contributed by atoms with Gasteiger partial charge in [-0.15, -0.1) is 0 Å². The maximum Gasteiger partial charge on any atom is 0.310 e. The molecule has 1 heterocycles. The lowest BCUT2D eigenvalue weighted by Gasteiger charge is -2.18. The molecule has 35 heavy (non-hydrogen) atoms. The summed E-state index contributed by atoms with van der Waals surface area (Å²) in [5, 5.41) is 10.8. The molecule has 1 fully saturated rings. The van der Waals surface area contributed by atoms with E-state index in [2.05, 4.69) is 53.4 Å². The Morgan fingerprint density at radius 1 is 1.06 bits per heavy atom. The number of aromatic hydroxyl groups is 1. The molecule has 1 aromatic heterocycles. The molecule has 1 aliphatic rings. The van der Waals surface area contributed by atoms with Gasteiger partial charge in [-0.3, -0.25) is 4.79 Å². The highest BCUT2D eigenvalue weighted by Gasteiger charge is 2.20. The lowest BCUT2D eigenvalue weighted by Crippen LogP contribution is -3.00. The van der Waals surface area contributed by atoms with Gasteiger partial charge in [-0.1, -0.05) is 73.7 Å². The van der Waals surface area contributed by atoms with Gasteiger partial charge < -0.3 is 26.8 Å². The van der Waals surface area contributed by atoms with Crippen LogP contribution in [0, 0.1) is 13.8 Å². The lowest BCUT2D eigenvalue weighted by molar-refractivity contribution is -0.694. The van der Waals surface area contributed by atoms with Crippen molar-refractivity contribution in [1.82, 2.24) is 4.57 Å². The molecule has 3 aromatic rings. The Morgan fingerprint density at radius 3 is 2.49 bits per heavy atom. The Labute approximate surface area is 219 Å². The monoisotopic (exact) mass is 540 g/mol. The molecule has 1 aliphatic carbocycles. The summed E-state index contributed by atoms with van der Waals surface area (Å²) in [6.45, 7) is 5.90. The molecule has 0 radical (unpaired) electrons. The second-order valence-corrected chi connectivity index (χ2v) is 9.59. The highest BCUT2D eigenvalue weighted by molar-refractivity contribution is 5.73. The number of phenols is 1. The van der Waals surface area contributed by atoms with E-state index >= 15 is 0 Å². The van der Waals surface area contributed by atoms with Crippen LogP contribution < -0.4 is 21.5 Å². The van der Waals surface area contributed by atoms with Gasteiger partial charge in [0.1, 0.15) is 37.8 Å². The van der Waals surface area contributed by atoms with Crippen molar-refractivity contribution in [2.75, 3.05) is 6.61 Å². The van der Waals surface area contributed by atoms with Crippen LogP contribution in [0.15, 0.2) is 54.9 Å². The number of benzene rings is 2. The maximum atomic E-state index is 12.5. The maximum absolute atomic E-state index is 12.5. The Morgan fingerprint density at radius 2 is 1.77 bits per heavy atom. The van der Waals surface area contributed by atoms with Gasteiger partial charge >= 0.3 is 5.97 Å². The van der Waals surface area contributed by atoms with Crippen molar-refractivity contribution in [3.05, 3.63) is 82.9 Å². The van der Waals surface area contributed by atoms with Crippen molar-refractivity contribution in [1.29, 1.82) is 0 Å². The van der Waals surface area contributed by atoms with Gasteiger partial charge in [0.25, 0.3) is 5.82 Å². The van der Waals surface area contributed by atoms with Crippen LogP contribution in [-0.4, -0.2) is 22.2 Å². The molecule has 1 saturated carbocycles. The third-order valence-electron chi connectivity index (χ3n) is 7.11. The van der Waals surface area contributed by atoms with E-state index in [0.717, 1.165) is 30.8 Å². The van der Waals surface area contributed by atoms with Gasteiger partial charge in [0, 0.05) is 12.5 Å². The molecule has 0 aliphatic heterocycles. The first-order chi connectivity index (χ1) is 16.5. The van der Waals surface area contributed by atoms with Crippen molar-refractivity contribution in [3.8, 4) is 5.75 Å². The Hall–Kier alpha value is -2.60. The van der Waals surface area contributed by atoms with Crippen molar-refractivity contribution in [3.63, 3.8) is 0 Å². The number of hydrogen-bond acceptors (Lipinski definition) is 3. The number of phenolic OH excluding ortho intramolecular Hbond substituents is 1. The van der Waals surface area contributed by atoms with Crippen molar-refractivity contribution >= 4 is 5.97 Å². The molecule has 0 atom stereocenters. The van der Waals surface area contributed by atoms with E-state index in [1.54, 1.807) is 0 Å². The van der Waals surface area contributed by atoms with Crippen molar-refractivity contribution in [2.45, 2.75) is 77.8 Å². The number of esters is 1. The molecule has 0 unspecified atom stereocenters. The zero-order valence-corrected chi connectivity index (χ0v) is 22.5. The van der Waals surface area contributed by atoms with Crippen LogP contribution in [0.2, 0.25) is 0 Å². The first kappa shape index (κ1) is 27.0. The molecule has 188 valence electrons. The molecule has 5 nitrogen and oxygen atoms in total. The summed E-state index contributed by atoms with van der Waals surface area (Å²) >= 11 is 0. The van der Waals surface area contributed by atoms with Gasteiger partial charge in [0.2, 0.25) is 0 Å². The number of nitrogens with zero attached hydrogens (tertiary/aromatic N) is 2. The summed E-state index contributed by atoms with van der Waals surface area (Å²) in [5.74, 6) is 1.49. The van der Waals surface area contributed by atoms with Crippen molar-refractivity contribution in [2.24, 2.45) is 0 Å². The molecule has 6 heteroatoms. The molecule has 4 rings (SSSR count). The first-order valence-electron chi connectivity index (χ1n) is 12.6. The molecule has 0 saturated heterocycles. The molecule has 2 aromatic carbocycles. The number of ether oxygens (including phenoxy) is 1. The summed E-state index contributed by atoms with van der Waals surface area (Å²) in [6, 6.07) is 14.4. The van der Waals surface area contributed by atoms with Gasteiger partial charge in [-0.25, -0.2) is 9.13 Å². The van der Waals surface area contributed by atoms with Crippen LogP contribution in [0.3, 0.4) is 0 Å². The molecule has 0 bridgehead atoms. The number of aryl methyl sites for hydroxylation is 1. The van der Waals surface area contributed by atoms with Crippen LogP contribution in [0.4, 0.5) is 0 Å². The highest BCUT2D eigenvalue weighted by Crippen LogP contribution is 2.37. The predicted octanol–water partition coefficient (Wildman–Crippen LogP) is 2.37. The van der Waals surface area contributed by atoms with E-state index in [4.69, 9.17) is 4.74 Å². The van der Waals surface area contributed by atoms with Gasteiger partial charge in [0.05, 0.1) is 6.42 Å². The summed E-state index contributed by atoms with van der Waals surface area (Å²) in [6.07, 6.45) is 11.4. The minimum Gasteiger partial charge on any atom is -1.00 e. The largest absolute Gasteiger partial charge is 1.00 e. The number of hydrogen-bond donors (Lipinski definition) is 1. The highest BCUT2D eigenvalue weighted by atomic mass is 79.9. The average molecular weight is 542 g/mol. The van der Waals surface area contributed by atoms with E-state index in [0.29, 0.717) is 24.6 Å². The second kappa shape index (κ2) is 12.9. The molecule has 0 spiro atoms. The zero-order chi connectivity index (χ0) is 23.9. The molecular formula is C29H37BrN2O3. The number of carbonyl (C=O) groups excluding carboxylic acids is 1. The van der Waals surface area contributed by atoms with E-state index < -0.39 is 0 Å². The smallest absolute Gasteiger partial charge is 0.310 e. The van der Waals surface area contributed by atoms with E-state index in [1.807, 2.05) is 24.4 Å². The van der Waals surface area contributed by atoms with Crippen LogP contribution in [0.1, 0.15) is 72.5 Å². The van der Waals surface area contributed by atoms with Crippen LogP contribution in [-0.2, 0) is 29.0 Å². The van der Waals surface area contributed by atoms with Gasteiger partial charge in [-0.2, -0.15) is 0 Å². The lowest BCUT2D eigenvalue weighted by atomic mass is 9.89. The summed E-state index contributed by atoms with van der Waals surface area (Å²) in [7, 11) is 0. The number of imidazole rings is 1. The summed E-state index contributed by atoms with van der Waals surface area (Å²) in [4.78, 5) is 12.5. The normalized spacial score (nSPS) is 14.2. The third-order valence-corrected chi connectivity index (χ3v) is 7.11. The Bertz CT molecular complexity index is 1100. The van der Waals surface area contributed by atoms with E-state index in [9.17, 15) is 9.90 Å². The summed E-state index contributed by atoms with van der Waals surface area (Å²) in [5.41, 5.74) is 4.18. The topological polar surface area (TPSA) is 55.3 Å². The predicted molar refractivity (Wildman–Crippen MR) is 133 cm³/mol. The first-order valence-corrected chi connectivity index (χ1v) is 12.6. The number of carbonyl (C=O) groups is 1. The fourth-order valence-corrected chi connectivity index (χ4v) is 4.97. The van der Waals surface area contributed by atoms with E-state index in [-0.39, 0.29) is 35.1 Å². The number of halogens is 1. The standard InChI is InChI=1S/C29H36N2O3.BrH/c1-22-12-14-24(15-13-22)21-31-17-16-30(23(31)2)18-19-34-28(32)20-26-10-7-11-27(29(26)33)25-8-5-3-4-6-9-25;/h7,10-17,25H,3-6,8-9,18-21H2,1-2H3;1H. The Kier molecular flexibility index (Phi) is 9.96. The summed E-state index contributed by atoms with van der Waals surface area (Å²) < 4.78 is 9.83. The average Bonchev–Trinajstić information content (AvgIpc) is 3.02. The van der Waals surface area contributed by atoms with Gasteiger partial charge in [0.15, 0.2) is 0 Å². The van der Waals surface area contributed by atoms with Gasteiger partial charge in [-0.05, 0) is 36.8 Å². The quantitative estimate of drug-likeness (QED) is 0.271. The molecule has 1 N–H and O–H groups in total. The fourth-order valence-electron chi connectivity index (χ4n) is 4.97. The molecular weight excluding hydrogens is 504 g/mol.